The first-order valence-electron chi connectivity index (χ1n) is 6.13. The Balaban J connectivity index is 2.87. The Labute approximate surface area is 124 Å². The van der Waals surface area contributed by atoms with Crippen molar-refractivity contribution in [1.82, 2.24) is 5.32 Å². The van der Waals surface area contributed by atoms with Gasteiger partial charge in [0, 0.05) is 6.04 Å². The molecule has 0 aliphatic rings. The lowest BCUT2D eigenvalue weighted by Gasteiger charge is -2.13. The summed E-state index contributed by atoms with van der Waals surface area (Å²) in [5, 5.41) is 4.38. The van der Waals surface area contributed by atoms with Crippen LogP contribution in [0, 0.1) is 0 Å². The van der Waals surface area contributed by atoms with Crippen LogP contribution in [-0.2, 0) is 15.8 Å². The van der Waals surface area contributed by atoms with Crippen molar-refractivity contribution in [3.63, 3.8) is 0 Å². The van der Waals surface area contributed by atoms with E-state index in [9.17, 15) is 22.8 Å². The van der Waals surface area contributed by atoms with E-state index in [2.05, 4.69) is 10.6 Å². The van der Waals surface area contributed by atoms with Crippen LogP contribution in [0.15, 0.2) is 18.2 Å². The van der Waals surface area contributed by atoms with E-state index in [0.717, 1.165) is 12.1 Å². The molecule has 0 saturated heterocycles. The summed E-state index contributed by atoms with van der Waals surface area (Å²) < 4.78 is 37.7. The van der Waals surface area contributed by atoms with Crippen molar-refractivity contribution in [3.05, 3.63) is 28.8 Å². The standard InChI is InChI=1S/C13H14ClF3N2O2/c1-3-7(2)18-11(20)12(21)19-10-6-8(13(15,16)17)4-5-9(10)14/h4-7H,3H2,1-2H3,(H,18,20)(H,19,21)/t7-/m0/s1. The van der Waals surface area contributed by atoms with Gasteiger partial charge in [-0.3, -0.25) is 9.59 Å². The predicted molar refractivity (Wildman–Crippen MR) is 73.0 cm³/mol. The van der Waals surface area contributed by atoms with Crippen molar-refractivity contribution in [3.8, 4) is 0 Å². The lowest BCUT2D eigenvalue weighted by atomic mass is 10.2. The van der Waals surface area contributed by atoms with E-state index >= 15 is 0 Å². The van der Waals surface area contributed by atoms with Gasteiger partial charge in [-0.1, -0.05) is 18.5 Å². The van der Waals surface area contributed by atoms with E-state index < -0.39 is 23.6 Å². The minimum atomic E-state index is -4.57. The molecule has 116 valence electrons. The number of nitrogens with one attached hydrogen (secondary N) is 2. The van der Waals surface area contributed by atoms with Gasteiger partial charge < -0.3 is 10.6 Å². The maximum absolute atomic E-state index is 12.6. The molecule has 0 aliphatic carbocycles. The SMILES string of the molecule is CC[C@H](C)NC(=O)C(=O)Nc1cc(C(F)(F)F)ccc1Cl. The number of anilines is 1. The lowest BCUT2D eigenvalue weighted by molar-refractivity contribution is -0.137. The van der Waals surface area contributed by atoms with E-state index in [1.165, 1.54) is 0 Å². The highest BCUT2D eigenvalue weighted by Crippen LogP contribution is 2.33. The number of hydrogen-bond donors (Lipinski definition) is 2. The fourth-order valence-electron chi connectivity index (χ4n) is 1.37. The fraction of sp³-hybridized carbons (Fsp3) is 0.385. The molecule has 0 bridgehead atoms. The molecule has 1 aromatic rings. The summed E-state index contributed by atoms with van der Waals surface area (Å²) in [4.78, 5) is 23.1. The van der Waals surface area contributed by atoms with Crippen LogP contribution in [0.2, 0.25) is 5.02 Å². The van der Waals surface area contributed by atoms with Crippen LogP contribution in [0.25, 0.3) is 0 Å². The molecule has 0 heterocycles. The first-order chi connectivity index (χ1) is 9.65. The predicted octanol–water partition coefficient (Wildman–Crippen LogP) is 3.21. The number of hydrogen-bond acceptors (Lipinski definition) is 2. The second kappa shape index (κ2) is 6.80. The molecule has 21 heavy (non-hydrogen) atoms. The Bertz CT molecular complexity index is 547. The number of amides is 2. The molecule has 2 N–H and O–H groups in total. The van der Waals surface area contributed by atoms with E-state index in [1.807, 2.05) is 6.92 Å². The van der Waals surface area contributed by atoms with Crippen LogP contribution in [-0.4, -0.2) is 17.9 Å². The smallest absolute Gasteiger partial charge is 0.345 e. The Morgan fingerprint density at radius 1 is 1.29 bits per heavy atom. The van der Waals surface area contributed by atoms with Crippen LogP contribution in [0.5, 0.6) is 0 Å². The van der Waals surface area contributed by atoms with Gasteiger partial charge in [-0.05, 0) is 31.5 Å². The Hall–Kier alpha value is -1.76. The van der Waals surface area contributed by atoms with Crippen molar-refractivity contribution in [2.45, 2.75) is 32.5 Å². The van der Waals surface area contributed by atoms with Crippen molar-refractivity contribution in [1.29, 1.82) is 0 Å². The van der Waals surface area contributed by atoms with Crippen molar-refractivity contribution in [2.75, 3.05) is 5.32 Å². The molecule has 1 atom stereocenters. The second-order valence-electron chi connectivity index (χ2n) is 4.43. The largest absolute Gasteiger partial charge is 0.416 e. The quantitative estimate of drug-likeness (QED) is 0.840. The molecule has 0 unspecified atom stereocenters. The average Bonchev–Trinajstić information content (AvgIpc) is 2.39. The molecule has 0 fully saturated rings. The zero-order valence-corrected chi connectivity index (χ0v) is 12.1. The maximum atomic E-state index is 12.6. The number of halogens is 4. The number of carbonyl (C=O) groups is 2. The molecular weight excluding hydrogens is 309 g/mol. The van der Waals surface area contributed by atoms with Crippen LogP contribution < -0.4 is 10.6 Å². The van der Waals surface area contributed by atoms with Crippen molar-refractivity contribution >= 4 is 29.1 Å². The van der Waals surface area contributed by atoms with Gasteiger partial charge in [0.1, 0.15) is 0 Å². The second-order valence-corrected chi connectivity index (χ2v) is 4.84. The Morgan fingerprint density at radius 3 is 2.43 bits per heavy atom. The van der Waals surface area contributed by atoms with Gasteiger partial charge in [0.25, 0.3) is 0 Å². The number of alkyl halides is 3. The number of rotatable bonds is 3. The highest BCUT2D eigenvalue weighted by molar-refractivity contribution is 6.41. The van der Waals surface area contributed by atoms with E-state index in [0.29, 0.717) is 12.5 Å². The van der Waals surface area contributed by atoms with Crippen LogP contribution >= 0.6 is 11.6 Å². The molecule has 4 nitrogen and oxygen atoms in total. The van der Waals surface area contributed by atoms with E-state index in [-0.39, 0.29) is 16.8 Å². The highest BCUT2D eigenvalue weighted by atomic mass is 35.5. The molecule has 0 aromatic heterocycles. The van der Waals surface area contributed by atoms with Crippen molar-refractivity contribution < 1.29 is 22.8 Å². The van der Waals surface area contributed by atoms with Gasteiger partial charge >= 0.3 is 18.0 Å². The summed E-state index contributed by atoms with van der Waals surface area (Å²) in [6, 6.07) is 2.25. The molecular formula is C13H14ClF3N2O2. The maximum Gasteiger partial charge on any atom is 0.416 e. The van der Waals surface area contributed by atoms with Crippen LogP contribution in [0.4, 0.5) is 18.9 Å². The topological polar surface area (TPSA) is 58.2 Å². The molecule has 8 heteroatoms. The van der Waals surface area contributed by atoms with E-state index in [4.69, 9.17) is 11.6 Å². The highest BCUT2D eigenvalue weighted by Gasteiger charge is 2.31. The van der Waals surface area contributed by atoms with Crippen molar-refractivity contribution in [2.24, 2.45) is 0 Å². The summed E-state index contributed by atoms with van der Waals surface area (Å²) in [6.07, 6.45) is -3.95. The molecule has 0 aliphatic heterocycles. The van der Waals surface area contributed by atoms with Gasteiger partial charge in [-0.15, -0.1) is 0 Å². The van der Waals surface area contributed by atoms with Gasteiger partial charge in [0.2, 0.25) is 0 Å². The third-order valence-electron chi connectivity index (χ3n) is 2.74. The summed E-state index contributed by atoms with van der Waals surface area (Å²) in [7, 11) is 0. The fourth-order valence-corrected chi connectivity index (χ4v) is 1.53. The third-order valence-corrected chi connectivity index (χ3v) is 3.07. The number of benzene rings is 1. The lowest BCUT2D eigenvalue weighted by Crippen LogP contribution is -2.40. The molecule has 0 saturated carbocycles. The molecule has 0 radical (unpaired) electrons. The van der Waals surface area contributed by atoms with Gasteiger partial charge in [-0.2, -0.15) is 13.2 Å². The summed E-state index contributed by atoms with van der Waals surface area (Å²) in [5.74, 6) is -2.01. The summed E-state index contributed by atoms with van der Waals surface area (Å²) in [5.41, 5.74) is -1.24. The molecule has 1 aromatic carbocycles. The minimum absolute atomic E-state index is 0.0901. The van der Waals surface area contributed by atoms with Crippen LogP contribution in [0.1, 0.15) is 25.8 Å². The summed E-state index contributed by atoms with van der Waals surface area (Å²) >= 11 is 5.71. The van der Waals surface area contributed by atoms with Crippen LogP contribution in [0.3, 0.4) is 0 Å². The summed E-state index contributed by atoms with van der Waals surface area (Å²) in [6.45, 7) is 3.51. The third kappa shape index (κ3) is 4.93. The van der Waals surface area contributed by atoms with Gasteiger partial charge in [0.15, 0.2) is 0 Å². The van der Waals surface area contributed by atoms with Gasteiger partial charge in [-0.25, -0.2) is 0 Å². The Kier molecular flexibility index (Phi) is 5.60. The first kappa shape index (κ1) is 17.3. The normalized spacial score (nSPS) is 12.7. The molecule has 2 amide bonds. The minimum Gasteiger partial charge on any atom is -0.345 e. The monoisotopic (exact) mass is 322 g/mol. The number of carbonyl (C=O) groups excluding carboxylic acids is 2. The Morgan fingerprint density at radius 2 is 1.90 bits per heavy atom. The van der Waals surface area contributed by atoms with E-state index in [1.54, 1.807) is 6.92 Å². The zero-order chi connectivity index (χ0) is 16.2. The molecule has 1 rings (SSSR count). The molecule has 0 spiro atoms. The zero-order valence-electron chi connectivity index (χ0n) is 11.3. The first-order valence-corrected chi connectivity index (χ1v) is 6.51. The van der Waals surface area contributed by atoms with Gasteiger partial charge in [0.05, 0.1) is 16.3 Å². The average molecular weight is 323 g/mol.